The van der Waals surface area contributed by atoms with Gasteiger partial charge in [0.25, 0.3) is 0 Å². The van der Waals surface area contributed by atoms with Gasteiger partial charge in [0.2, 0.25) is 0 Å². The molecule has 0 spiro atoms. The zero-order valence-corrected chi connectivity index (χ0v) is 18.2. The predicted octanol–water partition coefficient (Wildman–Crippen LogP) is 4.39. The van der Waals surface area contributed by atoms with Gasteiger partial charge >= 0.3 is 5.97 Å². The van der Waals surface area contributed by atoms with Gasteiger partial charge in [-0.15, -0.1) is 11.3 Å². The van der Waals surface area contributed by atoms with Gasteiger partial charge in [-0.25, -0.2) is 4.79 Å². The molecule has 0 amide bonds. The van der Waals surface area contributed by atoms with Crippen LogP contribution in [0.5, 0.6) is 11.5 Å². The van der Waals surface area contributed by atoms with Crippen LogP contribution in [-0.2, 0) is 4.74 Å². The van der Waals surface area contributed by atoms with Crippen LogP contribution in [0.25, 0.3) is 21.6 Å². The summed E-state index contributed by atoms with van der Waals surface area (Å²) in [6.07, 6.45) is 1.16. The fourth-order valence-electron chi connectivity index (χ4n) is 2.96. The minimum atomic E-state index is -0.370. The molecule has 0 aliphatic carbocycles. The maximum atomic E-state index is 12.2. The van der Waals surface area contributed by atoms with E-state index in [2.05, 4.69) is 0 Å². The van der Waals surface area contributed by atoms with Crippen LogP contribution in [0.4, 0.5) is 0 Å². The summed E-state index contributed by atoms with van der Waals surface area (Å²) < 4.78 is 16.1. The van der Waals surface area contributed by atoms with E-state index in [1.54, 1.807) is 0 Å². The van der Waals surface area contributed by atoms with Crippen molar-refractivity contribution in [2.45, 2.75) is 12.8 Å². The summed E-state index contributed by atoms with van der Waals surface area (Å²) >= 11 is 1.38. The number of aliphatic hydroxyl groups is 2. The van der Waals surface area contributed by atoms with Gasteiger partial charge in [0.05, 0.1) is 20.3 Å². The van der Waals surface area contributed by atoms with Crippen LogP contribution < -0.4 is 9.47 Å². The van der Waals surface area contributed by atoms with Crippen molar-refractivity contribution in [2.24, 2.45) is 0 Å². The average molecular weight is 443 g/mol. The molecule has 0 fully saturated rings. The lowest BCUT2D eigenvalue weighted by Gasteiger charge is -2.09. The Kier molecular flexibility index (Phi) is 8.46. The van der Waals surface area contributed by atoms with Crippen molar-refractivity contribution in [3.8, 4) is 33.1 Å². The number of rotatable bonds is 11. The zero-order chi connectivity index (χ0) is 22.1. The quantitative estimate of drug-likeness (QED) is 0.338. The normalized spacial score (nSPS) is 10.7. The topological polar surface area (TPSA) is 85.2 Å². The molecule has 3 aromatic rings. The summed E-state index contributed by atoms with van der Waals surface area (Å²) in [5.74, 6) is 1.09. The molecule has 0 unspecified atom stereocenters. The van der Waals surface area contributed by atoms with Gasteiger partial charge in [0.15, 0.2) is 0 Å². The second-order valence-corrected chi connectivity index (χ2v) is 7.80. The molecule has 0 bridgehead atoms. The Morgan fingerprint density at radius 2 is 1.35 bits per heavy atom. The van der Waals surface area contributed by atoms with Crippen LogP contribution in [0, 0.1) is 0 Å². The lowest BCUT2D eigenvalue weighted by atomic mass is 10.0. The molecule has 0 aliphatic rings. The summed E-state index contributed by atoms with van der Waals surface area (Å²) in [4.78, 5) is 13.6. The molecule has 2 aromatic carbocycles. The molecular formula is C24H26O6S. The Hall–Kier alpha value is -2.87. The highest BCUT2D eigenvalue weighted by Gasteiger charge is 2.18. The van der Waals surface area contributed by atoms with Gasteiger partial charge in [-0.05, 0) is 53.6 Å². The molecule has 0 saturated heterocycles. The highest BCUT2D eigenvalue weighted by atomic mass is 32.1. The standard InChI is InChI=1S/C24H26O6S/c1-28-24(27)22-16-21(17-4-8-19(9-5-17)29-14-2-12-25)23(31-22)18-6-10-20(11-7-18)30-15-3-13-26/h4-11,16,25-26H,2-3,12-15H2,1H3. The van der Waals surface area contributed by atoms with Crippen molar-refractivity contribution < 1.29 is 29.2 Å². The van der Waals surface area contributed by atoms with Crippen molar-refractivity contribution in [1.82, 2.24) is 0 Å². The van der Waals surface area contributed by atoms with Crippen LogP contribution in [0.15, 0.2) is 54.6 Å². The van der Waals surface area contributed by atoms with Gasteiger partial charge < -0.3 is 24.4 Å². The van der Waals surface area contributed by atoms with Crippen LogP contribution in [-0.4, -0.2) is 49.7 Å². The zero-order valence-electron chi connectivity index (χ0n) is 17.4. The Morgan fingerprint density at radius 1 is 0.839 bits per heavy atom. The number of carbonyl (C=O) groups excluding carboxylic acids is 1. The molecular weight excluding hydrogens is 416 g/mol. The van der Waals surface area contributed by atoms with E-state index in [1.165, 1.54) is 18.4 Å². The SMILES string of the molecule is COC(=O)c1cc(-c2ccc(OCCCO)cc2)c(-c2ccc(OCCCO)cc2)s1. The van der Waals surface area contributed by atoms with E-state index < -0.39 is 0 Å². The Balaban J connectivity index is 1.88. The first-order valence-electron chi connectivity index (χ1n) is 10.1. The van der Waals surface area contributed by atoms with Crippen LogP contribution in [0.1, 0.15) is 22.5 Å². The van der Waals surface area contributed by atoms with Crippen molar-refractivity contribution in [3.05, 3.63) is 59.5 Å². The molecule has 1 aromatic heterocycles. The van der Waals surface area contributed by atoms with Gasteiger partial charge in [-0.3, -0.25) is 0 Å². The smallest absolute Gasteiger partial charge is 0.348 e. The second kappa shape index (κ2) is 11.5. The van der Waals surface area contributed by atoms with E-state index >= 15 is 0 Å². The molecule has 1 heterocycles. The first-order valence-corrected chi connectivity index (χ1v) is 10.9. The number of aliphatic hydroxyl groups excluding tert-OH is 2. The minimum Gasteiger partial charge on any atom is -0.494 e. The number of thiophene rings is 1. The fraction of sp³-hybridized carbons (Fsp3) is 0.292. The van der Waals surface area contributed by atoms with Gasteiger partial charge in [0.1, 0.15) is 16.4 Å². The van der Waals surface area contributed by atoms with E-state index in [1.807, 2.05) is 54.6 Å². The maximum Gasteiger partial charge on any atom is 0.348 e. The molecule has 0 atom stereocenters. The lowest BCUT2D eigenvalue weighted by Crippen LogP contribution is -1.99. The van der Waals surface area contributed by atoms with Crippen LogP contribution in [0.2, 0.25) is 0 Å². The third-order valence-electron chi connectivity index (χ3n) is 4.54. The maximum absolute atomic E-state index is 12.2. The Morgan fingerprint density at radius 3 is 1.84 bits per heavy atom. The molecule has 0 radical (unpaired) electrons. The minimum absolute atomic E-state index is 0.0952. The van der Waals surface area contributed by atoms with E-state index in [0.717, 1.165) is 33.1 Å². The summed E-state index contributed by atoms with van der Waals surface area (Å²) in [5, 5.41) is 17.8. The van der Waals surface area contributed by atoms with Gasteiger partial charge in [-0.2, -0.15) is 0 Å². The van der Waals surface area contributed by atoms with Crippen LogP contribution in [0.3, 0.4) is 0 Å². The number of hydrogen-bond donors (Lipinski definition) is 2. The van der Waals surface area contributed by atoms with E-state index in [9.17, 15) is 4.79 Å². The largest absolute Gasteiger partial charge is 0.494 e. The third-order valence-corrected chi connectivity index (χ3v) is 5.71. The Labute approximate surface area is 185 Å². The first-order chi connectivity index (χ1) is 15.2. The summed E-state index contributed by atoms with van der Waals surface area (Å²) in [6, 6.07) is 17.2. The molecule has 31 heavy (non-hydrogen) atoms. The molecule has 0 aliphatic heterocycles. The molecule has 7 heteroatoms. The average Bonchev–Trinajstić information content (AvgIpc) is 3.25. The van der Waals surface area contributed by atoms with Crippen molar-refractivity contribution >= 4 is 17.3 Å². The Bertz CT molecular complexity index is 892. The highest BCUT2D eigenvalue weighted by molar-refractivity contribution is 7.18. The first kappa shape index (κ1) is 22.8. The molecule has 3 rings (SSSR count). The van der Waals surface area contributed by atoms with E-state index in [4.69, 9.17) is 24.4 Å². The molecule has 2 N–H and O–H groups in total. The second-order valence-electron chi connectivity index (χ2n) is 6.75. The van der Waals surface area contributed by atoms with Crippen LogP contribution >= 0.6 is 11.3 Å². The third kappa shape index (κ3) is 6.07. The monoisotopic (exact) mass is 442 g/mol. The number of benzene rings is 2. The number of ether oxygens (including phenoxy) is 3. The molecule has 6 nitrogen and oxygen atoms in total. The molecule has 164 valence electrons. The summed E-state index contributed by atoms with van der Waals surface area (Å²) in [5.41, 5.74) is 2.85. The van der Waals surface area contributed by atoms with Crippen molar-refractivity contribution in [1.29, 1.82) is 0 Å². The van der Waals surface area contributed by atoms with E-state index in [-0.39, 0.29) is 19.2 Å². The number of hydrogen-bond acceptors (Lipinski definition) is 7. The fourth-order valence-corrected chi connectivity index (χ4v) is 4.07. The number of methoxy groups -OCH3 is 1. The van der Waals surface area contributed by atoms with Crippen molar-refractivity contribution in [3.63, 3.8) is 0 Å². The summed E-state index contributed by atoms with van der Waals surface area (Å²) in [7, 11) is 1.37. The number of carbonyl (C=O) groups is 1. The predicted molar refractivity (Wildman–Crippen MR) is 121 cm³/mol. The van der Waals surface area contributed by atoms with E-state index in [0.29, 0.717) is 30.9 Å². The number of esters is 1. The van der Waals surface area contributed by atoms with Gasteiger partial charge in [-0.1, -0.05) is 12.1 Å². The molecule has 0 saturated carbocycles. The van der Waals surface area contributed by atoms with Gasteiger partial charge in [0, 0.05) is 36.5 Å². The summed E-state index contributed by atoms with van der Waals surface area (Å²) in [6.45, 7) is 1.11. The highest BCUT2D eigenvalue weighted by Crippen LogP contribution is 2.40. The van der Waals surface area contributed by atoms with Crippen molar-refractivity contribution in [2.75, 3.05) is 33.5 Å². The lowest BCUT2D eigenvalue weighted by molar-refractivity contribution is 0.0606.